The maximum Gasteiger partial charge on any atom is 0.0526 e. The van der Waals surface area contributed by atoms with Gasteiger partial charge < -0.3 is 5.73 Å². The number of nitrogen functional groups attached to an aromatic ring is 1. The number of hydrogen-bond acceptors (Lipinski definition) is 3. The Bertz CT molecular complexity index is 536. The van der Waals surface area contributed by atoms with Crippen LogP contribution in [-0.4, -0.2) is 9.97 Å². The van der Waals surface area contributed by atoms with Gasteiger partial charge in [-0.15, -0.1) is 0 Å². The summed E-state index contributed by atoms with van der Waals surface area (Å²) in [6.45, 7) is 0. The third-order valence-electron chi connectivity index (χ3n) is 3.36. The van der Waals surface area contributed by atoms with Crippen LogP contribution in [0.2, 0.25) is 0 Å². The lowest BCUT2D eigenvalue weighted by Gasteiger charge is -2.23. The molecular formula is C14H15N3. The first-order valence-electron chi connectivity index (χ1n) is 6.00. The number of rotatable bonds is 1. The molecular weight excluding hydrogens is 210 g/mol. The Kier molecular flexibility index (Phi) is 2.52. The van der Waals surface area contributed by atoms with Crippen LogP contribution in [0.25, 0.3) is 0 Å². The zero-order valence-electron chi connectivity index (χ0n) is 9.63. The van der Waals surface area contributed by atoms with Crippen molar-refractivity contribution in [3.63, 3.8) is 0 Å². The average molecular weight is 225 g/mol. The van der Waals surface area contributed by atoms with Crippen LogP contribution in [0, 0.1) is 0 Å². The highest BCUT2D eigenvalue weighted by atomic mass is 14.7. The van der Waals surface area contributed by atoms with E-state index < -0.39 is 0 Å². The number of fused-ring (bicyclic) bond motifs is 1. The van der Waals surface area contributed by atoms with Gasteiger partial charge in [0.15, 0.2) is 0 Å². The van der Waals surface area contributed by atoms with E-state index >= 15 is 0 Å². The molecule has 1 unspecified atom stereocenters. The number of nitrogens with two attached hydrogens (primary N) is 1. The molecule has 0 aliphatic heterocycles. The summed E-state index contributed by atoms with van der Waals surface area (Å²) in [6.07, 6.45) is 7.08. The average Bonchev–Trinajstić information content (AvgIpc) is 2.38. The molecule has 2 N–H and O–H groups in total. The van der Waals surface area contributed by atoms with E-state index in [1.54, 1.807) is 6.20 Å². The molecule has 17 heavy (non-hydrogen) atoms. The first-order valence-corrected chi connectivity index (χ1v) is 6.00. The van der Waals surface area contributed by atoms with Crippen LogP contribution in [0.4, 0.5) is 5.69 Å². The summed E-state index contributed by atoms with van der Waals surface area (Å²) in [5.74, 6) is 0.309. The molecule has 0 fully saturated rings. The van der Waals surface area contributed by atoms with E-state index in [9.17, 15) is 0 Å². The number of hydrogen-bond donors (Lipinski definition) is 1. The Morgan fingerprint density at radius 1 is 1.18 bits per heavy atom. The maximum atomic E-state index is 5.82. The highest BCUT2D eigenvalue weighted by Crippen LogP contribution is 2.34. The Morgan fingerprint density at radius 2 is 2.12 bits per heavy atom. The summed E-state index contributed by atoms with van der Waals surface area (Å²) in [5, 5.41) is 0. The lowest BCUT2D eigenvalue weighted by atomic mass is 9.84. The standard InChI is InChI=1S/C14H15N3/c15-11-6-8-16-13(9-11)12-5-1-3-10-4-2-7-17-14(10)12/h2,4,6-9,12H,1,3,5H2,(H2,15,16). The third-order valence-corrected chi connectivity index (χ3v) is 3.36. The summed E-state index contributed by atoms with van der Waals surface area (Å²) >= 11 is 0. The molecule has 3 nitrogen and oxygen atoms in total. The first-order chi connectivity index (χ1) is 8.34. The minimum Gasteiger partial charge on any atom is -0.399 e. The van der Waals surface area contributed by atoms with Crippen molar-refractivity contribution >= 4 is 5.69 Å². The molecule has 0 amide bonds. The summed E-state index contributed by atoms with van der Waals surface area (Å²) < 4.78 is 0. The van der Waals surface area contributed by atoms with E-state index in [-0.39, 0.29) is 0 Å². The second-order valence-electron chi connectivity index (χ2n) is 4.51. The van der Waals surface area contributed by atoms with Gasteiger partial charge in [0.1, 0.15) is 0 Å². The fraction of sp³-hybridized carbons (Fsp3) is 0.286. The van der Waals surface area contributed by atoms with Crippen molar-refractivity contribution in [2.24, 2.45) is 0 Å². The molecule has 2 aromatic rings. The van der Waals surface area contributed by atoms with Gasteiger partial charge in [-0.1, -0.05) is 6.07 Å². The zero-order valence-corrected chi connectivity index (χ0v) is 9.63. The summed E-state index contributed by atoms with van der Waals surface area (Å²) in [5.41, 5.74) is 10.2. The van der Waals surface area contributed by atoms with Crippen molar-refractivity contribution in [3.05, 3.63) is 53.6 Å². The molecule has 1 atom stereocenters. The van der Waals surface area contributed by atoms with E-state index in [4.69, 9.17) is 5.73 Å². The van der Waals surface area contributed by atoms with Gasteiger partial charge in [-0.05, 0) is 43.0 Å². The van der Waals surface area contributed by atoms with Crippen LogP contribution in [-0.2, 0) is 6.42 Å². The number of anilines is 1. The molecule has 1 aliphatic rings. The fourth-order valence-corrected chi connectivity index (χ4v) is 2.55. The lowest BCUT2D eigenvalue weighted by molar-refractivity contribution is 0.588. The zero-order chi connectivity index (χ0) is 11.7. The molecule has 2 heterocycles. The van der Waals surface area contributed by atoms with Gasteiger partial charge in [-0.3, -0.25) is 9.97 Å². The minimum atomic E-state index is 0.309. The van der Waals surface area contributed by atoms with E-state index in [0.717, 1.165) is 24.2 Å². The predicted octanol–water partition coefficient (Wildman–Crippen LogP) is 2.53. The highest BCUT2D eigenvalue weighted by Gasteiger charge is 2.23. The van der Waals surface area contributed by atoms with Crippen molar-refractivity contribution in [1.29, 1.82) is 0 Å². The van der Waals surface area contributed by atoms with Crippen molar-refractivity contribution < 1.29 is 0 Å². The third kappa shape index (κ3) is 1.88. The predicted molar refractivity (Wildman–Crippen MR) is 67.7 cm³/mol. The molecule has 0 radical (unpaired) electrons. The van der Waals surface area contributed by atoms with Gasteiger partial charge in [0.05, 0.1) is 11.4 Å². The quantitative estimate of drug-likeness (QED) is 0.811. The van der Waals surface area contributed by atoms with Crippen LogP contribution < -0.4 is 5.73 Å². The summed E-state index contributed by atoms with van der Waals surface area (Å²) in [4.78, 5) is 8.97. The normalized spacial score (nSPS) is 18.7. The SMILES string of the molecule is Nc1ccnc(C2CCCc3cccnc32)c1. The van der Waals surface area contributed by atoms with Gasteiger partial charge in [-0.2, -0.15) is 0 Å². The summed E-state index contributed by atoms with van der Waals surface area (Å²) in [7, 11) is 0. The molecule has 0 saturated carbocycles. The molecule has 0 aromatic carbocycles. The van der Waals surface area contributed by atoms with Gasteiger partial charge in [-0.25, -0.2) is 0 Å². The molecule has 0 bridgehead atoms. The number of pyridine rings is 2. The second-order valence-corrected chi connectivity index (χ2v) is 4.51. The Balaban J connectivity index is 2.06. The molecule has 3 rings (SSSR count). The monoisotopic (exact) mass is 225 g/mol. The molecule has 86 valence electrons. The van der Waals surface area contributed by atoms with Crippen molar-refractivity contribution in [1.82, 2.24) is 9.97 Å². The van der Waals surface area contributed by atoms with E-state index in [2.05, 4.69) is 16.0 Å². The number of aromatic nitrogens is 2. The van der Waals surface area contributed by atoms with E-state index in [0.29, 0.717) is 5.92 Å². The highest BCUT2D eigenvalue weighted by molar-refractivity contribution is 5.41. The van der Waals surface area contributed by atoms with E-state index in [1.165, 1.54) is 17.7 Å². The molecule has 1 aliphatic carbocycles. The van der Waals surface area contributed by atoms with Crippen molar-refractivity contribution in [2.75, 3.05) is 5.73 Å². The van der Waals surface area contributed by atoms with Crippen LogP contribution in [0.15, 0.2) is 36.7 Å². The van der Waals surface area contributed by atoms with E-state index in [1.807, 2.05) is 24.4 Å². The molecule has 2 aromatic heterocycles. The van der Waals surface area contributed by atoms with Crippen molar-refractivity contribution in [3.8, 4) is 0 Å². The lowest BCUT2D eigenvalue weighted by Crippen LogP contribution is -2.14. The van der Waals surface area contributed by atoms with Gasteiger partial charge >= 0.3 is 0 Å². The Hall–Kier alpha value is -1.90. The van der Waals surface area contributed by atoms with Crippen LogP contribution >= 0.6 is 0 Å². The fourth-order valence-electron chi connectivity index (χ4n) is 2.55. The van der Waals surface area contributed by atoms with Gasteiger partial charge in [0.2, 0.25) is 0 Å². The maximum absolute atomic E-state index is 5.82. The topological polar surface area (TPSA) is 51.8 Å². The van der Waals surface area contributed by atoms with Gasteiger partial charge in [0, 0.05) is 24.0 Å². The Labute approximate surface area is 101 Å². The van der Waals surface area contributed by atoms with Gasteiger partial charge in [0.25, 0.3) is 0 Å². The molecule has 0 spiro atoms. The van der Waals surface area contributed by atoms with Crippen LogP contribution in [0.3, 0.4) is 0 Å². The van der Waals surface area contributed by atoms with Crippen LogP contribution in [0.1, 0.15) is 35.7 Å². The van der Waals surface area contributed by atoms with Crippen LogP contribution in [0.5, 0.6) is 0 Å². The number of nitrogens with zero attached hydrogens (tertiary/aromatic N) is 2. The smallest absolute Gasteiger partial charge is 0.0526 e. The second kappa shape index (κ2) is 4.17. The first kappa shape index (κ1) is 10.3. The molecule has 0 saturated heterocycles. The largest absolute Gasteiger partial charge is 0.399 e. The molecule has 3 heteroatoms. The minimum absolute atomic E-state index is 0.309. The Morgan fingerprint density at radius 3 is 3.00 bits per heavy atom. The van der Waals surface area contributed by atoms with Crippen molar-refractivity contribution in [2.45, 2.75) is 25.2 Å². The summed E-state index contributed by atoms with van der Waals surface area (Å²) in [6, 6.07) is 7.97. The number of aryl methyl sites for hydroxylation is 1.